The predicted octanol–water partition coefficient (Wildman–Crippen LogP) is 1.20. The maximum absolute atomic E-state index is 5.85. The lowest BCUT2D eigenvalue weighted by molar-refractivity contribution is -0.000856. The molecule has 2 heterocycles. The molecule has 2 rings (SSSR count). The standard InChI is InChI=1S/C11H22N2O/c1-10(2)13-6-3-4-11(5-7-13)8-12-9-14-11/h10,12H,3-9H2,1-2H3. The van der Waals surface area contributed by atoms with Crippen LogP contribution in [0, 0.1) is 0 Å². The van der Waals surface area contributed by atoms with Gasteiger partial charge in [-0.1, -0.05) is 0 Å². The molecule has 2 fully saturated rings. The van der Waals surface area contributed by atoms with Crippen LogP contribution in [0.25, 0.3) is 0 Å². The van der Waals surface area contributed by atoms with Crippen molar-refractivity contribution in [1.82, 2.24) is 10.2 Å². The summed E-state index contributed by atoms with van der Waals surface area (Å²) in [7, 11) is 0. The summed E-state index contributed by atoms with van der Waals surface area (Å²) in [6, 6.07) is 0.680. The molecule has 82 valence electrons. The number of rotatable bonds is 1. The normalized spacial score (nSPS) is 35.4. The molecule has 0 aromatic rings. The van der Waals surface area contributed by atoms with Crippen LogP contribution in [0.5, 0.6) is 0 Å². The minimum Gasteiger partial charge on any atom is -0.358 e. The molecule has 3 nitrogen and oxygen atoms in total. The van der Waals surface area contributed by atoms with Gasteiger partial charge in [-0.3, -0.25) is 5.32 Å². The van der Waals surface area contributed by atoms with Crippen LogP contribution in [-0.4, -0.2) is 42.9 Å². The van der Waals surface area contributed by atoms with Gasteiger partial charge in [0.2, 0.25) is 0 Å². The van der Waals surface area contributed by atoms with Crippen LogP contribution in [0.2, 0.25) is 0 Å². The smallest absolute Gasteiger partial charge is 0.0974 e. The van der Waals surface area contributed by atoms with Gasteiger partial charge in [-0.15, -0.1) is 0 Å². The van der Waals surface area contributed by atoms with Gasteiger partial charge >= 0.3 is 0 Å². The molecule has 0 aromatic carbocycles. The lowest BCUT2D eigenvalue weighted by Gasteiger charge is -2.27. The number of likely N-dealkylation sites (tertiary alicyclic amines) is 1. The fourth-order valence-corrected chi connectivity index (χ4v) is 2.56. The summed E-state index contributed by atoms with van der Waals surface area (Å²) in [4.78, 5) is 2.57. The lowest BCUT2D eigenvalue weighted by Crippen LogP contribution is -2.36. The van der Waals surface area contributed by atoms with Gasteiger partial charge in [0.05, 0.1) is 12.3 Å². The first-order valence-corrected chi connectivity index (χ1v) is 5.81. The van der Waals surface area contributed by atoms with Crippen LogP contribution in [0.3, 0.4) is 0 Å². The van der Waals surface area contributed by atoms with Gasteiger partial charge in [0, 0.05) is 19.1 Å². The molecule has 1 N–H and O–H groups in total. The molecule has 0 aliphatic carbocycles. The van der Waals surface area contributed by atoms with Gasteiger partial charge in [-0.25, -0.2) is 0 Å². The zero-order chi connectivity index (χ0) is 10.0. The Morgan fingerprint density at radius 1 is 1.29 bits per heavy atom. The van der Waals surface area contributed by atoms with Gasteiger partial charge in [-0.2, -0.15) is 0 Å². The van der Waals surface area contributed by atoms with E-state index in [-0.39, 0.29) is 5.60 Å². The van der Waals surface area contributed by atoms with E-state index in [0.717, 1.165) is 13.3 Å². The molecule has 0 aromatic heterocycles. The van der Waals surface area contributed by atoms with Crippen LogP contribution < -0.4 is 5.32 Å². The van der Waals surface area contributed by atoms with Crippen LogP contribution in [-0.2, 0) is 4.74 Å². The fraction of sp³-hybridized carbons (Fsp3) is 1.00. The molecular weight excluding hydrogens is 176 g/mol. The average molecular weight is 198 g/mol. The first-order chi connectivity index (χ1) is 6.72. The van der Waals surface area contributed by atoms with Crippen molar-refractivity contribution in [1.29, 1.82) is 0 Å². The highest BCUT2D eigenvalue weighted by molar-refractivity contribution is 4.90. The number of nitrogens with one attached hydrogen (secondary N) is 1. The first kappa shape index (κ1) is 10.4. The zero-order valence-corrected chi connectivity index (χ0v) is 9.38. The quantitative estimate of drug-likeness (QED) is 0.685. The Kier molecular flexibility index (Phi) is 3.10. The Morgan fingerprint density at radius 2 is 2.14 bits per heavy atom. The molecule has 2 aliphatic rings. The summed E-state index contributed by atoms with van der Waals surface area (Å²) in [6.07, 6.45) is 3.70. The Morgan fingerprint density at radius 3 is 2.79 bits per heavy atom. The molecule has 0 amide bonds. The van der Waals surface area contributed by atoms with Crippen molar-refractivity contribution in [2.45, 2.75) is 44.8 Å². The molecule has 0 radical (unpaired) electrons. The Balaban J connectivity index is 1.93. The molecule has 1 unspecified atom stereocenters. The lowest BCUT2D eigenvalue weighted by atomic mass is 9.95. The summed E-state index contributed by atoms with van der Waals surface area (Å²) in [6.45, 7) is 8.81. The maximum Gasteiger partial charge on any atom is 0.0974 e. The van der Waals surface area contributed by atoms with Gasteiger partial charge in [0.15, 0.2) is 0 Å². The second kappa shape index (κ2) is 4.17. The molecule has 0 saturated carbocycles. The van der Waals surface area contributed by atoms with Crippen LogP contribution in [0.15, 0.2) is 0 Å². The van der Waals surface area contributed by atoms with E-state index < -0.39 is 0 Å². The minimum absolute atomic E-state index is 0.170. The van der Waals surface area contributed by atoms with Gasteiger partial charge in [-0.05, 0) is 39.7 Å². The van der Waals surface area contributed by atoms with E-state index in [1.807, 2.05) is 0 Å². The SMILES string of the molecule is CC(C)N1CCCC2(CC1)CNCO2. The van der Waals surface area contributed by atoms with Crippen molar-refractivity contribution in [3.05, 3.63) is 0 Å². The number of nitrogens with zero attached hydrogens (tertiary/aromatic N) is 1. The van der Waals surface area contributed by atoms with E-state index in [2.05, 4.69) is 24.1 Å². The van der Waals surface area contributed by atoms with Gasteiger partial charge in [0.25, 0.3) is 0 Å². The molecular formula is C11H22N2O. The first-order valence-electron chi connectivity index (χ1n) is 5.81. The highest BCUT2D eigenvalue weighted by atomic mass is 16.5. The van der Waals surface area contributed by atoms with E-state index in [9.17, 15) is 0 Å². The second-order valence-corrected chi connectivity index (χ2v) is 4.88. The van der Waals surface area contributed by atoms with Gasteiger partial charge < -0.3 is 9.64 Å². The topological polar surface area (TPSA) is 24.5 Å². The predicted molar refractivity (Wildman–Crippen MR) is 57.2 cm³/mol. The van der Waals surface area contributed by atoms with Crippen molar-refractivity contribution < 1.29 is 4.74 Å². The Hall–Kier alpha value is -0.120. The average Bonchev–Trinajstić information content (AvgIpc) is 2.47. The second-order valence-electron chi connectivity index (χ2n) is 4.88. The third-order valence-corrected chi connectivity index (χ3v) is 3.59. The summed E-state index contributed by atoms with van der Waals surface area (Å²) < 4.78 is 5.85. The third-order valence-electron chi connectivity index (χ3n) is 3.59. The van der Waals surface area contributed by atoms with Crippen LogP contribution >= 0.6 is 0 Å². The van der Waals surface area contributed by atoms with E-state index >= 15 is 0 Å². The summed E-state index contributed by atoms with van der Waals surface area (Å²) >= 11 is 0. The number of hydrogen-bond acceptors (Lipinski definition) is 3. The van der Waals surface area contributed by atoms with Crippen molar-refractivity contribution in [2.24, 2.45) is 0 Å². The summed E-state index contributed by atoms with van der Waals surface area (Å²) in [5, 5.41) is 3.31. The van der Waals surface area contributed by atoms with Crippen molar-refractivity contribution >= 4 is 0 Å². The molecule has 2 aliphatic heterocycles. The number of ether oxygens (including phenoxy) is 1. The number of hydrogen-bond donors (Lipinski definition) is 1. The van der Waals surface area contributed by atoms with Crippen LogP contribution in [0.1, 0.15) is 33.1 Å². The monoisotopic (exact) mass is 198 g/mol. The Bertz CT molecular complexity index is 188. The van der Waals surface area contributed by atoms with E-state index in [1.54, 1.807) is 0 Å². The fourth-order valence-electron chi connectivity index (χ4n) is 2.56. The molecule has 2 saturated heterocycles. The minimum atomic E-state index is 0.170. The molecule has 1 atom stereocenters. The van der Waals surface area contributed by atoms with Crippen LogP contribution in [0.4, 0.5) is 0 Å². The van der Waals surface area contributed by atoms with Crippen molar-refractivity contribution in [3.8, 4) is 0 Å². The van der Waals surface area contributed by atoms with Gasteiger partial charge in [0.1, 0.15) is 0 Å². The van der Waals surface area contributed by atoms with Crippen molar-refractivity contribution in [3.63, 3.8) is 0 Å². The largest absolute Gasteiger partial charge is 0.358 e. The zero-order valence-electron chi connectivity index (χ0n) is 9.38. The van der Waals surface area contributed by atoms with E-state index in [4.69, 9.17) is 4.74 Å². The summed E-state index contributed by atoms with van der Waals surface area (Å²) in [5.41, 5.74) is 0.170. The summed E-state index contributed by atoms with van der Waals surface area (Å²) in [5.74, 6) is 0. The highest BCUT2D eigenvalue weighted by Crippen LogP contribution is 2.28. The molecule has 1 spiro atoms. The van der Waals surface area contributed by atoms with E-state index in [1.165, 1.54) is 32.4 Å². The Labute approximate surface area is 86.8 Å². The third kappa shape index (κ3) is 2.10. The van der Waals surface area contributed by atoms with Crippen molar-refractivity contribution in [2.75, 3.05) is 26.4 Å². The molecule has 14 heavy (non-hydrogen) atoms. The highest BCUT2D eigenvalue weighted by Gasteiger charge is 2.36. The molecule has 3 heteroatoms. The maximum atomic E-state index is 5.85. The molecule has 0 bridgehead atoms. The van der Waals surface area contributed by atoms with E-state index in [0.29, 0.717) is 6.04 Å².